The molecule has 0 saturated carbocycles. The van der Waals surface area contributed by atoms with Gasteiger partial charge in [0, 0.05) is 33.0 Å². The fourth-order valence-corrected chi connectivity index (χ4v) is 7.99. The molecule has 0 bridgehead atoms. The van der Waals surface area contributed by atoms with Crippen LogP contribution < -0.4 is 9.64 Å². The molecule has 50 heavy (non-hydrogen) atoms. The highest BCUT2D eigenvalue weighted by atomic mass is 16.5. The number of rotatable bonds is 5. The van der Waals surface area contributed by atoms with E-state index in [1.54, 1.807) is 0 Å². The van der Waals surface area contributed by atoms with Gasteiger partial charge in [0.1, 0.15) is 17.4 Å². The third-order valence-electron chi connectivity index (χ3n) is 10.6. The number of allylic oxidation sites excluding steroid dienone is 2. The summed E-state index contributed by atoms with van der Waals surface area (Å²) in [4.78, 5) is 2.33. The molecule has 7 aromatic carbocycles. The first kappa shape index (κ1) is 28.7. The molecule has 2 aliphatic rings. The Morgan fingerprint density at radius 1 is 0.580 bits per heavy atom. The monoisotopic (exact) mass is 643 g/mol. The fraction of sp³-hybridized carbons (Fsp3) is 0.0638. The highest BCUT2D eigenvalue weighted by Gasteiger charge is 2.44. The molecule has 2 atom stereocenters. The summed E-state index contributed by atoms with van der Waals surface area (Å²) >= 11 is 0. The van der Waals surface area contributed by atoms with E-state index in [2.05, 4.69) is 170 Å². The van der Waals surface area contributed by atoms with Gasteiger partial charge in [0.2, 0.25) is 0 Å². The molecule has 0 fully saturated rings. The van der Waals surface area contributed by atoms with Gasteiger partial charge >= 0.3 is 0 Å². The number of hydrogen-bond donors (Lipinski definition) is 0. The molecule has 1 aliphatic heterocycles. The predicted octanol–water partition coefficient (Wildman–Crippen LogP) is 12.5. The Morgan fingerprint density at radius 3 is 2.10 bits per heavy atom. The molecule has 3 heteroatoms. The van der Waals surface area contributed by atoms with Crippen LogP contribution in [0.25, 0.3) is 49.4 Å². The smallest absolute Gasteiger partial charge is 0.159 e. The molecular formula is C47H33NO2. The van der Waals surface area contributed by atoms with E-state index < -0.39 is 0 Å². The fourth-order valence-electron chi connectivity index (χ4n) is 7.99. The van der Waals surface area contributed by atoms with Gasteiger partial charge in [0.15, 0.2) is 5.58 Å². The molecule has 1 aromatic heterocycles. The Balaban J connectivity index is 1.03. The maximum Gasteiger partial charge on any atom is 0.159 e. The highest BCUT2D eigenvalue weighted by molar-refractivity contribution is 6.11. The van der Waals surface area contributed by atoms with E-state index in [9.17, 15) is 0 Å². The molecule has 238 valence electrons. The molecule has 2 unspecified atom stereocenters. The lowest BCUT2D eigenvalue weighted by atomic mass is 9.71. The van der Waals surface area contributed by atoms with Crippen molar-refractivity contribution in [1.29, 1.82) is 0 Å². The van der Waals surface area contributed by atoms with Crippen molar-refractivity contribution in [2.24, 2.45) is 0 Å². The SMILES string of the molecule is CC1(c2ccc(-c3ccc(N(c4cccc5ccccc45)c4cccc5c4oc4ccccc45)cc3)cc2)C=CC=C2c3ccccc3OC21. The van der Waals surface area contributed by atoms with Crippen LogP contribution in [0.3, 0.4) is 0 Å². The number of benzene rings is 7. The quantitative estimate of drug-likeness (QED) is 0.187. The molecule has 0 N–H and O–H groups in total. The first-order chi connectivity index (χ1) is 24.7. The van der Waals surface area contributed by atoms with Crippen molar-refractivity contribution in [2.75, 3.05) is 4.90 Å². The number of fused-ring (bicyclic) bond motifs is 7. The highest BCUT2D eigenvalue weighted by Crippen LogP contribution is 2.49. The van der Waals surface area contributed by atoms with E-state index >= 15 is 0 Å². The topological polar surface area (TPSA) is 25.6 Å². The summed E-state index contributed by atoms with van der Waals surface area (Å²) in [6.45, 7) is 2.28. The Bertz CT molecular complexity index is 2640. The molecule has 2 heterocycles. The van der Waals surface area contributed by atoms with Crippen LogP contribution in [-0.2, 0) is 5.41 Å². The standard InChI is InChI=1S/C47H33NO2/c1-47(30-10-17-40-38-15-5-7-21-44(38)50-46(40)47)34-26-22-31(23-27-34)32-24-28-35(29-25-32)48(41-18-8-12-33-11-2-3-13-36(33)41)42-19-9-16-39-37-14-4-6-20-43(37)49-45(39)42/h2-30,46H,1H3. The minimum Gasteiger partial charge on any atom is -0.484 e. The first-order valence-electron chi connectivity index (χ1n) is 17.2. The molecule has 0 spiro atoms. The van der Waals surface area contributed by atoms with Gasteiger partial charge in [-0.25, -0.2) is 0 Å². The van der Waals surface area contributed by atoms with Gasteiger partial charge in [0.05, 0.1) is 16.8 Å². The molecule has 8 aromatic rings. The zero-order valence-corrected chi connectivity index (χ0v) is 27.6. The first-order valence-corrected chi connectivity index (χ1v) is 17.2. The summed E-state index contributed by atoms with van der Waals surface area (Å²) in [6, 6.07) is 56.0. The lowest BCUT2D eigenvalue weighted by Crippen LogP contribution is -2.39. The summed E-state index contributed by atoms with van der Waals surface area (Å²) < 4.78 is 13.1. The summed E-state index contributed by atoms with van der Waals surface area (Å²) in [6.07, 6.45) is 6.61. The summed E-state index contributed by atoms with van der Waals surface area (Å²) in [5.74, 6) is 0.962. The van der Waals surface area contributed by atoms with Crippen LogP contribution in [0.5, 0.6) is 5.75 Å². The van der Waals surface area contributed by atoms with E-state index in [0.717, 1.165) is 50.3 Å². The molecule has 10 rings (SSSR count). The number of hydrogen-bond acceptors (Lipinski definition) is 3. The van der Waals surface area contributed by atoms with Gasteiger partial charge in [-0.15, -0.1) is 0 Å². The molecule has 3 nitrogen and oxygen atoms in total. The lowest BCUT2D eigenvalue weighted by Gasteiger charge is -2.35. The third kappa shape index (κ3) is 4.37. The minimum absolute atomic E-state index is 0.0497. The van der Waals surface area contributed by atoms with E-state index in [4.69, 9.17) is 9.15 Å². The van der Waals surface area contributed by atoms with Gasteiger partial charge in [-0.05, 0) is 65.4 Å². The number of ether oxygens (including phenoxy) is 1. The Morgan fingerprint density at radius 2 is 1.24 bits per heavy atom. The van der Waals surface area contributed by atoms with Crippen LogP contribution in [0, 0.1) is 0 Å². The van der Waals surface area contributed by atoms with Crippen molar-refractivity contribution < 1.29 is 9.15 Å². The largest absolute Gasteiger partial charge is 0.484 e. The van der Waals surface area contributed by atoms with Crippen LogP contribution in [0.2, 0.25) is 0 Å². The minimum atomic E-state index is -0.276. The maximum atomic E-state index is 6.57. The van der Waals surface area contributed by atoms with Crippen LogP contribution in [0.15, 0.2) is 180 Å². The Kier molecular flexibility index (Phi) is 6.37. The van der Waals surface area contributed by atoms with Gasteiger partial charge in [-0.3, -0.25) is 0 Å². The number of nitrogens with zero attached hydrogens (tertiary/aromatic N) is 1. The van der Waals surface area contributed by atoms with Gasteiger partial charge in [-0.1, -0.05) is 140 Å². The molecule has 1 aliphatic carbocycles. The number of anilines is 3. The van der Waals surface area contributed by atoms with Crippen LogP contribution in [-0.4, -0.2) is 6.10 Å². The van der Waals surface area contributed by atoms with Crippen molar-refractivity contribution in [2.45, 2.75) is 18.4 Å². The second-order valence-corrected chi connectivity index (χ2v) is 13.5. The van der Waals surface area contributed by atoms with Gasteiger partial charge in [-0.2, -0.15) is 0 Å². The van der Waals surface area contributed by atoms with Crippen molar-refractivity contribution in [3.63, 3.8) is 0 Å². The zero-order valence-electron chi connectivity index (χ0n) is 27.6. The van der Waals surface area contributed by atoms with E-state index in [-0.39, 0.29) is 11.5 Å². The van der Waals surface area contributed by atoms with Crippen molar-refractivity contribution >= 4 is 55.3 Å². The molecular weight excluding hydrogens is 611 g/mol. The average Bonchev–Trinajstić information content (AvgIpc) is 3.76. The number of furan rings is 1. The second-order valence-electron chi connectivity index (χ2n) is 13.5. The van der Waals surface area contributed by atoms with Crippen molar-refractivity contribution in [3.05, 3.63) is 187 Å². The second kappa shape index (κ2) is 11.1. The van der Waals surface area contributed by atoms with E-state index in [1.807, 2.05) is 18.2 Å². The predicted molar refractivity (Wildman–Crippen MR) is 207 cm³/mol. The summed E-state index contributed by atoms with van der Waals surface area (Å²) in [5.41, 5.74) is 10.7. The normalized spacial score (nSPS) is 17.8. The molecule has 0 amide bonds. The number of para-hydroxylation sites is 3. The Hall–Kier alpha value is -6.32. The summed E-state index contributed by atoms with van der Waals surface area (Å²) in [5, 5.41) is 4.60. The van der Waals surface area contributed by atoms with Crippen LogP contribution in [0.4, 0.5) is 17.1 Å². The van der Waals surface area contributed by atoms with Crippen molar-refractivity contribution in [3.8, 4) is 16.9 Å². The molecule has 0 radical (unpaired) electrons. The van der Waals surface area contributed by atoms with Gasteiger partial charge in [0.25, 0.3) is 0 Å². The van der Waals surface area contributed by atoms with E-state index in [1.165, 1.54) is 33.0 Å². The Labute approximate surface area is 291 Å². The zero-order chi connectivity index (χ0) is 33.2. The van der Waals surface area contributed by atoms with Crippen molar-refractivity contribution in [1.82, 2.24) is 0 Å². The van der Waals surface area contributed by atoms with Gasteiger partial charge < -0.3 is 14.1 Å². The molecule has 0 saturated heterocycles. The lowest BCUT2D eigenvalue weighted by molar-refractivity contribution is 0.208. The van der Waals surface area contributed by atoms with E-state index in [0.29, 0.717) is 0 Å². The van der Waals surface area contributed by atoms with Crippen LogP contribution in [0.1, 0.15) is 18.1 Å². The third-order valence-corrected chi connectivity index (χ3v) is 10.6. The maximum absolute atomic E-state index is 6.57. The summed E-state index contributed by atoms with van der Waals surface area (Å²) in [7, 11) is 0. The van der Waals surface area contributed by atoms with Crippen LogP contribution >= 0.6 is 0 Å². The average molecular weight is 644 g/mol.